The van der Waals surface area contributed by atoms with Gasteiger partial charge in [0.25, 0.3) is 0 Å². The van der Waals surface area contributed by atoms with Crippen molar-refractivity contribution >= 4 is 34.0 Å². The molecular formula is C27H21N5O3. The van der Waals surface area contributed by atoms with Crippen molar-refractivity contribution in [1.82, 2.24) is 14.9 Å². The second-order valence-electron chi connectivity index (χ2n) is 8.76. The third-order valence-corrected chi connectivity index (χ3v) is 6.53. The minimum Gasteiger partial charge on any atom is -0.468 e. The number of nitrogens with zero attached hydrogens (tertiary/aromatic N) is 4. The van der Waals surface area contributed by atoms with Crippen LogP contribution in [0.15, 0.2) is 67.1 Å². The number of hydrogen-bond donors (Lipinski definition) is 1. The molecule has 8 heteroatoms. The van der Waals surface area contributed by atoms with Crippen LogP contribution < -0.4 is 15.0 Å². The van der Waals surface area contributed by atoms with E-state index in [0.717, 1.165) is 27.7 Å². The van der Waals surface area contributed by atoms with E-state index in [-0.39, 0.29) is 18.2 Å². The van der Waals surface area contributed by atoms with Crippen molar-refractivity contribution in [2.24, 2.45) is 0 Å². The monoisotopic (exact) mass is 463 g/mol. The molecule has 1 aromatic heterocycles. The van der Waals surface area contributed by atoms with E-state index in [1.54, 1.807) is 23.5 Å². The molecule has 6 bridgehead atoms. The summed E-state index contributed by atoms with van der Waals surface area (Å²) in [6, 6.07) is 16.4. The van der Waals surface area contributed by atoms with Gasteiger partial charge in [0.15, 0.2) is 0 Å². The van der Waals surface area contributed by atoms with Crippen LogP contribution in [-0.4, -0.2) is 34.0 Å². The van der Waals surface area contributed by atoms with E-state index in [2.05, 4.69) is 15.1 Å². The predicted molar refractivity (Wildman–Crippen MR) is 131 cm³/mol. The van der Waals surface area contributed by atoms with Gasteiger partial charge in [-0.1, -0.05) is 30.3 Å². The van der Waals surface area contributed by atoms with E-state index < -0.39 is 6.04 Å². The van der Waals surface area contributed by atoms with Crippen LogP contribution >= 0.6 is 0 Å². The number of anilines is 1. The number of aromatic nitrogens is 2. The van der Waals surface area contributed by atoms with Gasteiger partial charge in [-0.3, -0.25) is 9.59 Å². The second kappa shape index (κ2) is 8.29. The number of carbonyl (C=O) groups excluding carboxylic acids is 2. The first-order valence-electron chi connectivity index (χ1n) is 11.4. The lowest BCUT2D eigenvalue weighted by atomic mass is 10.1. The van der Waals surface area contributed by atoms with E-state index in [0.29, 0.717) is 36.7 Å². The highest BCUT2D eigenvalue weighted by Crippen LogP contribution is 2.37. The van der Waals surface area contributed by atoms with E-state index in [4.69, 9.17) is 11.3 Å². The summed E-state index contributed by atoms with van der Waals surface area (Å²) in [4.78, 5) is 35.7. The fourth-order valence-electron chi connectivity index (χ4n) is 4.79. The van der Waals surface area contributed by atoms with Gasteiger partial charge in [-0.2, -0.15) is 0 Å². The van der Waals surface area contributed by atoms with Crippen LogP contribution in [0.3, 0.4) is 0 Å². The summed E-state index contributed by atoms with van der Waals surface area (Å²) in [6.07, 6.45) is 3.99. The maximum atomic E-state index is 13.3. The van der Waals surface area contributed by atoms with E-state index in [1.165, 1.54) is 0 Å². The van der Waals surface area contributed by atoms with Gasteiger partial charge in [0.05, 0.1) is 25.0 Å². The maximum Gasteiger partial charge on any atom is 0.249 e. The Balaban J connectivity index is 1.50. The zero-order chi connectivity index (χ0) is 23.9. The van der Waals surface area contributed by atoms with Gasteiger partial charge in [0, 0.05) is 30.4 Å². The average Bonchev–Trinajstić information content (AvgIpc) is 3.44. The van der Waals surface area contributed by atoms with Crippen molar-refractivity contribution in [3.8, 4) is 11.5 Å². The minimum atomic E-state index is -0.569. The Labute approximate surface area is 201 Å². The quantitative estimate of drug-likeness (QED) is 0.396. The van der Waals surface area contributed by atoms with Crippen LogP contribution in [0.25, 0.3) is 15.6 Å². The summed E-state index contributed by atoms with van der Waals surface area (Å²) in [7, 11) is 0. The number of fused-ring (bicyclic) bond motifs is 7. The van der Waals surface area contributed by atoms with Crippen LogP contribution in [0.4, 0.5) is 11.4 Å². The van der Waals surface area contributed by atoms with Crippen molar-refractivity contribution in [1.29, 1.82) is 0 Å². The normalized spacial score (nSPS) is 17.5. The molecule has 1 atom stereocenters. The van der Waals surface area contributed by atoms with Crippen molar-refractivity contribution < 1.29 is 14.3 Å². The van der Waals surface area contributed by atoms with Gasteiger partial charge < -0.3 is 19.5 Å². The summed E-state index contributed by atoms with van der Waals surface area (Å²) in [5.41, 5.74) is 2.83. The molecule has 6 rings (SSSR count). The first kappa shape index (κ1) is 20.9. The topological polar surface area (TPSA) is 80.8 Å². The number of rotatable bonds is 0. The third-order valence-electron chi connectivity index (χ3n) is 6.53. The average molecular weight is 463 g/mol. The summed E-state index contributed by atoms with van der Waals surface area (Å²) >= 11 is 0. The lowest BCUT2D eigenvalue weighted by Crippen LogP contribution is -2.42. The number of ether oxygens (including phenoxy) is 1. The minimum absolute atomic E-state index is 0.115. The van der Waals surface area contributed by atoms with E-state index in [1.807, 2.05) is 53.1 Å². The lowest BCUT2D eigenvalue weighted by Gasteiger charge is -2.20. The third kappa shape index (κ3) is 3.77. The molecule has 2 amide bonds. The fourth-order valence-corrected chi connectivity index (χ4v) is 4.79. The second-order valence-corrected chi connectivity index (χ2v) is 8.76. The van der Waals surface area contributed by atoms with Crippen LogP contribution in [0.2, 0.25) is 0 Å². The van der Waals surface area contributed by atoms with Gasteiger partial charge in [-0.05, 0) is 41.6 Å². The van der Waals surface area contributed by atoms with Crippen LogP contribution in [0.1, 0.15) is 17.7 Å². The molecule has 8 nitrogen and oxygen atoms in total. The SMILES string of the molecule is [C-]#[N+]c1ccc2cc1Oc1ccc3cccc(c3c1)N1CC[C@@H](NC(=O)Cc3cncn3C2)C1=O. The molecule has 2 aliphatic rings. The Morgan fingerprint density at radius 2 is 2.03 bits per heavy atom. The zero-order valence-corrected chi connectivity index (χ0v) is 18.8. The number of nitrogens with one attached hydrogen (secondary N) is 1. The number of carbonyl (C=O) groups is 2. The summed E-state index contributed by atoms with van der Waals surface area (Å²) in [5.74, 6) is 0.687. The molecular weight excluding hydrogens is 442 g/mol. The number of hydrogen-bond acceptors (Lipinski definition) is 4. The van der Waals surface area contributed by atoms with Gasteiger partial charge in [-0.15, -0.1) is 0 Å². The fraction of sp³-hybridized carbons (Fsp3) is 0.185. The molecule has 1 N–H and O–H groups in total. The Bertz CT molecular complexity index is 1530. The van der Waals surface area contributed by atoms with Crippen molar-refractivity contribution in [2.45, 2.75) is 25.4 Å². The summed E-state index contributed by atoms with van der Waals surface area (Å²) in [5, 5.41) is 4.76. The smallest absolute Gasteiger partial charge is 0.249 e. The molecule has 1 saturated heterocycles. The summed E-state index contributed by atoms with van der Waals surface area (Å²) < 4.78 is 8.10. The molecule has 2 aliphatic heterocycles. The Kier molecular flexibility index (Phi) is 4.96. The van der Waals surface area contributed by atoms with Gasteiger partial charge >= 0.3 is 0 Å². The molecule has 3 heterocycles. The van der Waals surface area contributed by atoms with Gasteiger partial charge in [-0.25, -0.2) is 9.83 Å². The zero-order valence-electron chi connectivity index (χ0n) is 18.8. The van der Waals surface area contributed by atoms with Crippen molar-refractivity contribution in [3.05, 3.63) is 89.8 Å². The molecule has 0 radical (unpaired) electrons. The van der Waals surface area contributed by atoms with E-state index in [9.17, 15) is 9.59 Å². The number of amides is 2. The van der Waals surface area contributed by atoms with Crippen molar-refractivity contribution in [3.63, 3.8) is 0 Å². The number of benzene rings is 3. The molecule has 1 fully saturated rings. The first-order chi connectivity index (χ1) is 17.1. The highest BCUT2D eigenvalue weighted by Gasteiger charge is 2.34. The largest absolute Gasteiger partial charge is 0.468 e. The molecule has 0 unspecified atom stereocenters. The predicted octanol–water partition coefficient (Wildman–Crippen LogP) is 4.21. The standard InChI is InChI=1S/C27H21N5O3/c1-28-22-8-5-17-11-25(22)35-20-7-6-18-3-2-4-24(21(18)13-20)32-10-9-23(27(32)34)30-26(33)12-19-14-29-16-31(19)15-17/h2-8,11,13-14,16,23H,9-10,12,15H2,(H,30,33)/t23-/m1/s1. The highest BCUT2D eigenvalue weighted by atomic mass is 16.5. The molecule has 172 valence electrons. The molecule has 0 saturated carbocycles. The lowest BCUT2D eigenvalue weighted by molar-refractivity contribution is -0.126. The molecule has 35 heavy (non-hydrogen) atoms. The number of imidazole rings is 1. The highest BCUT2D eigenvalue weighted by molar-refractivity contribution is 6.08. The Hall–Kier alpha value is -4.64. The molecule has 3 aromatic carbocycles. The molecule has 0 aliphatic carbocycles. The van der Waals surface area contributed by atoms with E-state index >= 15 is 0 Å². The first-order valence-corrected chi connectivity index (χ1v) is 11.4. The summed E-state index contributed by atoms with van der Waals surface area (Å²) in [6.45, 7) is 8.55. The maximum absolute atomic E-state index is 13.3. The Morgan fingerprint density at radius 3 is 2.91 bits per heavy atom. The Morgan fingerprint density at radius 1 is 1.11 bits per heavy atom. The molecule has 4 aromatic rings. The van der Waals surface area contributed by atoms with Crippen molar-refractivity contribution in [2.75, 3.05) is 11.4 Å². The van der Waals surface area contributed by atoms with Crippen LogP contribution in [0.5, 0.6) is 11.5 Å². The van der Waals surface area contributed by atoms with Gasteiger partial charge in [0.1, 0.15) is 17.5 Å². The van der Waals surface area contributed by atoms with Crippen LogP contribution in [-0.2, 0) is 22.6 Å². The van der Waals surface area contributed by atoms with Gasteiger partial charge in [0.2, 0.25) is 17.5 Å². The van der Waals surface area contributed by atoms with Crippen LogP contribution in [0, 0.1) is 6.57 Å². The molecule has 0 spiro atoms.